The molecule has 1 aromatic heterocycles. The van der Waals surface area contributed by atoms with E-state index in [1.54, 1.807) is 0 Å². The van der Waals surface area contributed by atoms with Crippen LogP contribution in [0, 0.1) is 5.82 Å². The maximum atomic E-state index is 13.2. The lowest BCUT2D eigenvalue weighted by atomic mass is 10.2. The maximum absolute atomic E-state index is 13.2. The van der Waals surface area contributed by atoms with Crippen molar-refractivity contribution in [3.8, 4) is 0 Å². The van der Waals surface area contributed by atoms with Crippen LogP contribution in [0.2, 0.25) is 5.02 Å². The van der Waals surface area contributed by atoms with E-state index in [0.717, 1.165) is 5.69 Å². The fourth-order valence-corrected chi connectivity index (χ4v) is 2.49. The molecule has 27 heavy (non-hydrogen) atoms. The molecular weight excluding hydrogens is 369 g/mol. The molecule has 0 spiro atoms. The van der Waals surface area contributed by atoms with Gasteiger partial charge < -0.3 is 15.5 Å². The number of halogens is 2. The summed E-state index contributed by atoms with van der Waals surface area (Å²) in [5.74, 6) is -0.485. The number of carbonyl (C=O) groups is 1. The molecule has 3 rings (SSSR count). The molecule has 6 nitrogen and oxygen atoms in total. The molecule has 0 saturated carbocycles. The number of nitrogens with one attached hydrogen (secondary N) is 2. The molecule has 0 aliphatic heterocycles. The van der Waals surface area contributed by atoms with Crippen molar-refractivity contribution in [2.75, 3.05) is 29.6 Å². The Morgan fingerprint density at radius 3 is 2.41 bits per heavy atom. The largest absolute Gasteiger partial charge is 0.378 e. The van der Waals surface area contributed by atoms with Gasteiger partial charge in [0, 0.05) is 37.2 Å². The first-order valence-corrected chi connectivity index (χ1v) is 8.43. The van der Waals surface area contributed by atoms with Gasteiger partial charge in [-0.05, 0) is 42.5 Å². The number of hydrogen-bond donors (Lipinski definition) is 2. The fraction of sp³-hybridized carbons (Fsp3) is 0.105. The summed E-state index contributed by atoms with van der Waals surface area (Å²) in [5.41, 5.74) is 2.42. The molecule has 0 unspecified atom stereocenters. The molecular formula is C19H17ClFN5O. The highest BCUT2D eigenvalue weighted by Gasteiger charge is 2.10. The molecule has 0 bridgehead atoms. The highest BCUT2D eigenvalue weighted by Crippen LogP contribution is 2.22. The van der Waals surface area contributed by atoms with Gasteiger partial charge in [0.25, 0.3) is 5.91 Å². The normalized spacial score (nSPS) is 10.4. The number of aromatic nitrogens is 2. The van der Waals surface area contributed by atoms with Crippen LogP contribution in [0.5, 0.6) is 0 Å². The lowest BCUT2D eigenvalue weighted by molar-refractivity contribution is 0.102. The average Bonchev–Trinajstić information content (AvgIpc) is 2.65. The van der Waals surface area contributed by atoms with Crippen LogP contribution < -0.4 is 15.5 Å². The van der Waals surface area contributed by atoms with E-state index in [0.29, 0.717) is 17.2 Å². The van der Waals surface area contributed by atoms with Gasteiger partial charge in [0.05, 0.1) is 5.02 Å². The minimum atomic E-state index is -0.509. The Labute approximate surface area is 161 Å². The quantitative estimate of drug-likeness (QED) is 0.684. The first-order chi connectivity index (χ1) is 12.9. The number of carbonyl (C=O) groups excluding carboxylic acids is 1. The smallest absolute Gasteiger partial charge is 0.274 e. The molecule has 2 aromatic carbocycles. The summed E-state index contributed by atoms with van der Waals surface area (Å²) < 4.78 is 13.2. The van der Waals surface area contributed by atoms with Crippen LogP contribution >= 0.6 is 11.6 Å². The molecule has 2 N–H and O–H groups in total. The third kappa shape index (κ3) is 4.71. The van der Waals surface area contributed by atoms with Crippen molar-refractivity contribution < 1.29 is 9.18 Å². The summed E-state index contributed by atoms with van der Waals surface area (Å²) in [5, 5.41) is 5.74. The lowest BCUT2D eigenvalue weighted by Gasteiger charge is -2.13. The Bertz CT molecular complexity index is 963. The molecule has 0 aliphatic carbocycles. The summed E-state index contributed by atoms with van der Waals surface area (Å²) in [6, 6.07) is 13.1. The van der Waals surface area contributed by atoms with E-state index in [1.807, 2.05) is 43.3 Å². The van der Waals surface area contributed by atoms with Crippen LogP contribution in [0.3, 0.4) is 0 Å². The molecule has 0 atom stereocenters. The van der Waals surface area contributed by atoms with Gasteiger partial charge in [0.15, 0.2) is 0 Å². The van der Waals surface area contributed by atoms with Crippen molar-refractivity contribution in [2.45, 2.75) is 0 Å². The molecule has 3 aromatic rings. The maximum Gasteiger partial charge on any atom is 0.274 e. The molecule has 0 aliphatic rings. The van der Waals surface area contributed by atoms with Crippen molar-refractivity contribution in [3.63, 3.8) is 0 Å². The monoisotopic (exact) mass is 385 g/mol. The van der Waals surface area contributed by atoms with Crippen molar-refractivity contribution in [2.24, 2.45) is 0 Å². The summed E-state index contributed by atoms with van der Waals surface area (Å²) >= 11 is 5.77. The average molecular weight is 386 g/mol. The van der Waals surface area contributed by atoms with Crippen molar-refractivity contribution in [1.82, 2.24) is 9.97 Å². The lowest BCUT2D eigenvalue weighted by Crippen LogP contribution is -2.14. The van der Waals surface area contributed by atoms with Gasteiger partial charge >= 0.3 is 0 Å². The number of anilines is 4. The van der Waals surface area contributed by atoms with Crippen LogP contribution in [0.25, 0.3) is 0 Å². The summed E-state index contributed by atoms with van der Waals surface area (Å²) in [6.07, 6.45) is 1.28. The number of nitrogens with zero attached hydrogens (tertiary/aromatic N) is 3. The van der Waals surface area contributed by atoms with Gasteiger partial charge in [0.1, 0.15) is 23.7 Å². The summed E-state index contributed by atoms with van der Waals surface area (Å²) in [4.78, 5) is 22.5. The van der Waals surface area contributed by atoms with Gasteiger partial charge in [-0.1, -0.05) is 11.6 Å². The number of amides is 1. The van der Waals surface area contributed by atoms with Crippen molar-refractivity contribution in [1.29, 1.82) is 0 Å². The van der Waals surface area contributed by atoms with Crippen LogP contribution in [0.15, 0.2) is 54.9 Å². The minimum absolute atomic E-state index is 0.00630. The number of hydrogen-bond acceptors (Lipinski definition) is 5. The van der Waals surface area contributed by atoms with Gasteiger partial charge in [-0.2, -0.15) is 0 Å². The zero-order valence-electron chi connectivity index (χ0n) is 14.7. The van der Waals surface area contributed by atoms with E-state index in [2.05, 4.69) is 20.6 Å². The third-order valence-corrected chi connectivity index (χ3v) is 4.02. The zero-order valence-corrected chi connectivity index (χ0v) is 15.5. The predicted octanol–water partition coefficient (Wildman–Crippen LogP) is 4.33. The van der Waals surface area contributed by atoms with E-state index >= 15 is 0 Å². The predicted molar refractivity (Wildman–Crippen MR) is 105 cm³/mol. The second-order valence-electron chi connectivity index (χ2n) is 5.94. The molecule has 0 saturated heterocycles. The Morgan fingerprint density at radius 2 is 1.74 bits per heavy atom. The number of rotatable bonds is 5. The van der Waals surface area contributed by atoms with Crippen molar-refractivity contribution in [3.05, 3.63) is 71.4 Å². The van der Waals surface area contributed by atoms with E-state index in [-0.39, 0.29) is 16.6 Å². The standard InChI is InChI=1S/C19H17ClFN5O/c1-26(2)14-6-3-12(4-7-14)25-19(27)17-10-18(23-11-22-17)24-13-5-8-16(21)15(20)9-13/h3-11H,1-2H3,(H,25,27)(H,22,23,24). The highest BCUT2D eigenvalue weighted by atomic mass is 35.5. The highest BCUT2D eigenvalue weighted by molar-refractivity contribution is 6.31. The van der Waals surface area contributed by atoms with Gasteiger partial charge in [0.2, 0.25) is 0 Å². The first-order valence-electron chi connectivity index (χ1n) is 8.05. The van der Waals surface area contributed by atoms with Crippen LogP contribution in [-0.2, 0) is 0 Å². The SMILES string of the molecule is CN(C)c1ccc(NC(=O)c2cc(Nc3ccc(F)c(Cl)c3)ncn2)cc1. The number of benzene rings is 2. The minimum Gasteiger partial charge on any atom is -0.378 e. The molecule has 1 amide bonds. The Morgan fingerprint density at radius 1 is 1.04 bits per heavy atom. The van der Waals surface area contributed by atoms with Gasteiger partial charge in [-0.3, -0.25) is 4.79 Å². The van der Waals surface area contributed by atoms with Crippen LogP contribution in [0.4, 0.5) is 27.3 Å². The Kier molecular flexibility index (Phi) is 5.52. The molecule has 1 heterocycles. The van der Waals surface area contributed by atoms with E-state index in [4.69, 9.17) is 11.6 Å². The Balaban J connectivity index is 1.72. The van der Waals surface area contributed by atoms with Gasteiger partial charge in [-0.15, -0.1) is 0 Å². The fourth-order valence-electron chi connectivity index (χ4n) is 2.31. The topological polar surface area (TPSA) is 70.2 Å². The third-order valence-electron chi connectivity index (χ3n) is 3.73. The Hall–Kier alpha value is -3.19. The van der Waals surface area contributed by atoms with E-state index < -0.39 is 5.82 Å². The summed E-state index contributed by atoms with van der Waals surface area (Å²) in [6.45, 7) is 0. The molecule has 0 radical (unpaired) electrons. The second kappa shape index (κ2) is 8.01. The van der Waals surface area contributed by atoms with Crippen molar-refractivity contribution >= 4 is 40.4 Å². The first kappa shape index (κ1) is 18.6. The van der Waals surface area contributed by atoms with E-state index in [9.17, 15) is 9.18 Å². The van der Waals surface area contributed by atoms with E-state index in [1.165, 1.54) is 30.6 Å². The van der Waals surface area contributed by atoms with Gasteiger partial charge in [-0.25, -0.2) is 14.4 Å². The molecule has 8 heteroatoms. The summed E-state index contributed by atoms with van der Waals surface area (Å²) in [7, 11) is 3.88. The molecule has 0 fully saturated rings. The molecule has 138 valence electrons. The van der Waals surface area contributed by atoms with Crippen LogP contribution in [0.1, 0.15) is 10.5 Å². The zero-order chi connectivity index (χ0) is 19.4. The van der Waals surface area contributed by atoms with Crippen LogP contribution in [-0.4, -0.2) is 30.0 Å². The second-order valence-corrected chi connectivity index (χ2v) is 6.35.